The molecule has 0 aliphatic heterocycles. The first-order valence-corrected chi connectivity index (χ1v) is 19.4. The highest BCUT2D eigenvalue weighted by atomic mass is 32.2. The number of aryl methyl sites for hydroxylation is 1. The first-order valence-electron chi connectivity index (χ1n) is 17.3. The molecule has 0 bridgehead atoms. The van der Waals surface area contributed by atoms with Crippen LogP contribution in [-0.2, 0) is 28.0 Å². The predicted octanol–water partition coefficient (Wildman–Crippen LogP) is 9.40. The predicted molar refractivity (Wildman–Crippen MR) is 200 cm³/mol. The number of carboxylic acid groups (broad SMARTS) is 2. The Balaban J connectivity index is 1.28. The number of hydrogen-bond donors (Lipinski definition) is 3. The van der Waals surface area contributed by atoms with Gasteiger partial charge in [-0.3, -0.25) is 14.6 Å². The van der Waals surface area contributed by atoms with E-state index in [4.69, 9.17) is 4.98 Å². The third-order valence-corrected chi connectivity index (χ3v) is 13.5. The molecule has 2 atom stereocenters. The fourth-order valence-electron chi connectivity index (χ4n) is 6.91. The maximum Gasteiger partial charge on any atom is 0.303 e. The fraction of sp³-hybridized carbons (Fsp3) is 0.439. The first kappa shape index (κ1) is 35.5. The van der Waals surface area contributed by atoms with Crippen LogP contribution in [0.3, 0.4) is 0 Å². The molecule has 0 spiro atoms. The number of aliphatic carboxylic acids is 2. The number of carbonyl (C=O) groups is 2. The molecule has 2 saturated carbocycles. The van der Waals surface area contributed by atoms with E-state index in [1.807, 2.05) is 73.8 Å². The summed E-state index contributed by atoms with van der Waals surface area (Å²) >= 11 is 3.72. The molecular formula is C41H47NO5S2. The lowest BCUT2D eigenvalue weighted by molar-refractivity contribution is -0.139. The minimum Gasteiger partial charge on any atom is -0.481 e. The maximum atomic E-state index is 11.7. The van der Waals surface area contributed by atoms with Gasteiger partial charge in [0, 0.05) is 39.5 Å². The van der Waals surface area contributed by atoms with Crippen LogP contribution in [0.15, 0.2) is 84.9 Å². The molecule has 0 saturated heterocycles. The van der Waals surface area contributed by atoms with Crippen molar-refractivity contribution in [2.75, 3.05) is 11.5 Å². The summed E-state index contributed by atoms with van der Waals surface area (Å²) in [5.41, 5.74) is 5.29. The number of hydrogen-bond acceptors (Lipinski definition) is 6. The number of para-hydroxylation sites is 1. The molecule has 6 rings (SSSR count). The van der Waals surface area contributed by atoms with Crippen LogP contribution in [-0.4, -0.2) is 43.7 Å². The number of fused-ring (bicyclic) bond motifs is 1. The summed E-state index contributed by atoms with van der Waals surface area (Å²) in [7, 11) is 0. The van der Waals surface area contributed by atoms with Crippen molar-refractivity contribution in [3.05, 3.63) is 113 Å². The number of thioether (sulfide) groups is 2. The van der Waals surface area contributed by atoms with Gasteiger partial charge in [-0.15, -0.1) is 0 Å². The minimum absolute atomic E-state index is 0.100. The van der Waals surface area contributed by atoms with Crippen LogP contribution < -0.4 is 0 Å². The van der Waals surface area contributed by atoms with Crippen molar-refractivity contribution in [1.82, 2.24) is 4.98 Å². The number of benzene rings is 3. The maximum absolute atomic E-state index is 11.7. The van der Waals surface area contributed by atoms with E-state index >= 15 is 0 Å². The van der Waals surface area contributed by atoms with Gasteiger partial charge < -0.3 is 15.3 Å². The molecule has 2 fully saturated rings. The van der Waals surface area contributed by atoms with Crippen LogP contribution in [0.1, 0.15) is 97.2 Å². The largest absolute Gasteiger partial charge is 0.481 e. The summed E-state index contributed by atoms with van der Waals surface area (Å²) in [6.07, 6.45) is 6.63. The zero-order valence-corrected chi connectivity index (χ0v) is 30.1. The Morgan fingerprint density at radius 3 is 2.00 bits per heavy atom. The Hall–Kier alpha value is -3.33. The summed E-state index contributed by atoms with van der Waals surface area (Å²) in [6.45, 7) is 3.66. The second-order valence-corrected chi connectivity index (χ2v) is 17.2. The molecule has 6 nitrogen and oxygen atoms in total. The van der Waals surface area contributed by atoms with Crippen molar-refractivity contribution in [1.29, 1.82) is 0 Å². The standard InChI is InChI=1S/C41H47NO5S2/c1-39(2,47)33-12-5-3-8-28(33)15-17-35(48-26-40(18-19-40)24-37(43)44)30-10-7-11-31(22-30)36(49-27-41(20-21-41)25-38(45)46)23-32-16-14-29-9-4-6-13-34(29)42-32/h3-14,16,22,35-36,47H,15,17-21,23-27H2,1-2H3,(H,43,44)(H,45,46). The van der Waals surface area contributed by atoms with E-state index in [2.05, 4.69) is 48.5 Å². The van der Waals surface area contributed by atoms with Crippen molar-refractivity contribution in [2.45, 2.75) is 87.7 Å². The van der Waals surface area contributed by atoms with Gasteiger partial charge in [-0.2, -0.15) is 23.5 Å². The van der Waals surface area contributed by atoms with E-state index in [0.717, 1.165) is 84.2 Å². The number of aromatic nitrogens is 1. The second kappa shape index (κ2) is 14.9. The van der Waals surface area contributed by atoms with Gasteiger partial charge in [-0.25, -0.2) is 0 Å². The van der Waals surface area contributed by atoms with Crippen molar-refractivity contribution in [2.24, 2.45) is 10.8 Å². The molecule has 49 heavy (non-hydrogen) atoms. The average Bonchev–Trinajstić information content (AvgIpc) is 4.00. The van der Waals surface area contributed by atoms with E-state index < -0.39 is 17.5 Å². The Morgan fingerprint density at radius 1 is 0.776 bits per heavy atom. The first-order chi connectivity index (χ1) is 23.4. The molecular weight excluding hydrogens is 651 g/mol. The van der Waals surface area contributed by atoms with Crippen molar-refractivity contribution in [3.8, 4) is 0 Å². The van der Waals surface area contributed by atoms with Crippen LogP contribution in [0.2, 0.25) is 0 Å². The van der Waals surface area contributed by atoms with Gasteiger partial charge in [-0.05, 0) is 97.6 Å². The lowest BCUT2D eigenvalue weighted by atomic mass is 9.90. The summed E-state index contributed by atoms with van der Waals surface area (Å²) in [5, 5.41) is 31.4. The molecule has 0 amide bonds. The molecule has 2 aliphatic carbocycles. The topological polar surface area (TPSA) is 108 Å². The molecule has 3 N–H and O–H groups in total. The van der Waals surface area contributed by atoms with Gasteiger partial charge in [0.25, 0.3) is 0 Å². The quantitative estimate of drug-likeness (QED) is 0.0944. The Labute approximate surface area is 298 Å². The van der Waals surface area contributed by atoms with Crippen LogP contribution in [0.4, 0.5) is 0 Å². The number of pyridine rings is 1. The Morgan fingerprint density at radius 2 is 1.37 bits per heavy atom. The zero-order valence-electron chi connectivity index (χ0n) is 28.4. The normalized spacial score (nSPS) is 17.4. The van der Waals surface area contributed by atoms with Crippen molar-refractivity contribution >= 4 is 46.4 Å². The van der Waals surface area contributed by atoms with Crippen molar-refractivity contribution in [3.63, 3.8) is 0 Å². The fourth-order valence-corrected chi connectivity index (χ4v) is 10.0. The average molecular weight is 698 g/mol. The van der Waals surface area contributed by atoms with Crippen molar-refractivity contribution < 1.29 is 24.9 Å². The highest BCUT2D eigenvalue weighted by Gasteiger charge is 2.45. The summed E-state index contributed by atoms with van der Waals surface area (Å²) in [5.74, 6) is 0.147. The molecule has 1 aromatic heterocycles. The van der Waals surface area contributed by atoms with Gasteiger partial charge in [0.15, 0.2) is 0 Å². The van der Waals surface area contributed by atoms with Crippen LogP contribution >= 0.6 is 23.5 Å². The molecule has 0 radical (unpaired) electrons. The summed E-state index contributed by atoms with van der Waals surface area (Å²) in [6, 6.07) is 29.4. The van der Waals surface area contributed by atoms with E-state index in [-0.39, 0.29) is 34.2 Å². The summed E-state index contributed by atoms with van der Waals surface area (Å²) < 4.78 is 0. The highest BCUT2D eigenvalue weighted by molar-refractivity contribution is 7.99. The molecule has 2 unspecified atom stereocenters. The molecule has 1 heterocycles. The minimum atomic E-state index is -0.945. The summed E-state index contributed by atoms with van der Waals surface area (Å²) in [4.78, 5) is 28.4. The SMILES string of the molecule is CC(C)(O)c1ccccc1CCC(SCC1(CC(=O)O)CC1)c1cccc(C(Cc2ccc3ccccc3n2)SCC2(CC(=O)O)CC2)c1. The van der Waals surface area contributed by atoms with Gasteiger partial charge in [-0.1, -0.05) is 72.8 Å². The molecule has 3 aromatic carbocycles. The van der Waals surface area contributed by atoms with E-state index in [1.54, 1.807) is 0 Å². The van der Waals surface area contributed by atoms with Crippen LogP contribution in [0.5, 0.6) is 0 Å². The molecule has 4 aromatic rings. The van der Waals surface area contributed by atoms with Crippen LogP contribution in [0.25, 0.3) is 10.9 Å². The third-order valence-electron chi connectivity index (χ3n) is 10.2. The van der Waals surface area contributed by atoms with Gasteiger partial charge in [0.1, 0.15) is 0 Å². The molecule has 2 aliphatic rings. The smallest absolute Gasteiger partial charge is 0.303 e. The lowest BCUT2D eigenvalue weighted by Gasteiger charge is -2.25. The monoisotopic (exact) mass is 697 g/mol. The third kappa shape index (κ3) is 9.47. The second-order valence-electron chi connectivity index (χ2n) is 14.9. The van der Waals surface area contributed by atoms with E-state index in [0.29, 0.717) is 0 Å². The number of nitrogens with zero attached hydrogens (tertiary/aromatic N) is 1. The Bertz CT molecular complexity index is 1790. The van der Waals surface area contributed by atoms with E-state index in [9.17, 15) is 24.9 Å². The lowest BCUT2D eigenvalue weighted by Crippen LogP contribution is -2.18. The van der Waals surface area contributed by atoms with Gasteiger partial charge in [0.2, 0.25) is 0 Å². The van der Waals surface area contributed by atoms with Gasteiger partial charge in [0.05, 0.1) is 24.0 Å². The zero-order chi connectivity index (χ0) is 34.6. The van der Waals surface area contributed by atoms with Gasteiger partial charge >= 0.3 is 11.9 Å². The number of carboxylic acids is 2. The van der Waals surface area contributed by atoms with E-state index in [1.165, 1.54) is 11.1 Å². The molecule has 8 heteroatoms. The Kier molecular flexibility index (Phi) is 10.8. The van der Waals surface area contributed by atoms with Crippen LogP contribution in [0, 0.1) is 10.8 Å². The molecule has 258 valence electrons. The number of rotatable bonds is 18. The highest BCUT2D eigenvalue weighted by Crippen LogP contribution is 2.55. The number of aliphatic hydroxyl groups is 1.